The van der Waals surface area contributed by atoms with Gasteiger partial charge < -0.3 is 20.1 Å². The van der Waals surface area contributed by atoms with E-state index in [1.807, 2.05) is 4.57 Å². The van der Waals surface area contributed by atoms with Crippen LogP contribution < -0.4 is 10.6 Å². The van der Waals surface area contributed by atoms with Crippen molar-refractivity contribution in [3.8, 4) is 0 Å². The van der Waals surface area contributed by atoms with Gasteiger partial charge in [-0.25, -0.2) is 18.7 Å². The molecule has 4 heterocycles. The number of rotatable bonds is 5. The SMILES string of the molecule is Fc1ccc(Nc2nc3cnc(NC4CCOCC4)nc3n2[C@@H]2CCOC2)c(F)c1. The van der Waals surface area contributed by atoms with E-state index in [0.29, 0.717) is 49.5 Å². The van der Waals surface area contributed by atoms with Crippen molar-refractivity contribution in [3.63, 3.8) is 0 Å². The van der Waals surface area contributed by atoms with Crippen molar-refractivity contribution in [2.75, 3.05) is 37.1 Å². The summed E-state index contributed by atoms with van der Waals surface area (Å²) < 4.78 is 40.4. The topological polar surface area (TPSA) is 86.1 Å². The van der Waals surface area contributed by atoms with E-state index in [1.165, 1.54) is 12.1 Å². The van der Waals surface area contributed by atoms with E-state index < -0.39 is 11.6 Å². The molecular formula is C20H22F2N6O2. The van der Waals surface area contributed by atoms with Gasteiger partial charge in [0, 0.05) is 31.9 Å². The zero-order valence-corrected chi connectivity index (χ0v) is 16.3. The second-order valence-corrected chi connectivity index (χ2v) is 7.51. The van der Waals surface area contributed by atoms with Crippen LogP contribution in [0.1, 0.15) is 25.3 Å². The third kappa shape index (κ3) is 3.80. The Balaban J connectivity index is 1.51. The summed E-state index contributed by atoms with van der Waals surface area (Å²) in [7, 11) is 0. The summed E-state index contributed by atoms with van der Waals surface area (Å²) in [5, 5.41) is 6.35. The first-order valence-electron chi connectivity index (χ1n) is 10.1. The Morgan fingerprint density at radius 1 is 1.03 bits per heavy atom. The minimum absolute atomic E-state index is 0.00633. The molecular weight excluding hydrogens is 394 g/mol. The maximum atomic E-state index is 14.2. The second kappa shape index (κ2) is 8.11. The largest absolute Gasteiger partial charge is 0.381 e. The van der Waals surface area contributed by atoms with E-state index in [0.717, 1.165) is 25.3 Å². The second-order valence-electron chi connectivity index (χ2n) is 7.51. The number of imidazole rings is 1. The van der Waals surface area contributed by atoms with Gasteiger partial charge in [-0.3, -0.25) is 4.57 Å². The molecule has 0 radical (unpaired) electrons. The molecule has 10 heteroatoms. The summed E-state index contributed by atoms with van der Waals surface area (Å²) in [6, 6.07) is 3.65. The molecule has 0 spiro atoms. The van der Waals surface area contributed by atoms with Crippen LogP contribution in [0, 0.1) is 11.6 Å². The first-order chi connectivity index (χ1) is 14.7. The molecule has 3 aromatic rings. The fraction of sp³-hybridized carbons (Fsp3) is 0.450. The average molecular weight is 416 g/mol. The van der Waals surface area contributed by atoms with E-state index in [9.17, 15) is 8.78 Å². The third-order valence-corrected chi connectivity index (χ3v) is 5.44. The average Bonchev–Trinajstić information content (AvgIpc) is 3.38. The molecule has 1 atom stereocenters. The highest BCUT2D eigenvalue weighted by atomic mass is 19.1. The van der Waals surface area contributed by atoms with Gasteiger partial charge in [0.25, 0.3) is 0 Å². The molecule has 30 heavy (non-hydrogen) atoms. The molecule has 0 amide bonds. The predicted octanol–water partition coefficient (Wildman–Crippen LogP) is 3.40. The van der Waals surface area contributed by atoms with E-state index in [-0.39, 0.29) is 17.8 Å². The van der Waals surface area contributed by atoms with Gasteiger partial charge in [0.05, 0.1) is 24.5 Å². The lowest BCUT2D eigenvalue weighted by atomic mass is 10.1. The maximum absolute atomic E-state index is 14.2. The summed E-state index contributed by atoms with van der Waals surface area (Å²) >= 11 is 0. The maximum Gasteiger partial charge on any atom is 0.224 e. The van der Waals surface area contributed by atoms with Crippen molar-refractivity contribution in [3.05, 3.63) is 36.0 Å². The third-order valence-electron chi connectivity index (χ3n) is 5.44. The van der Waals surface area contributed by atoms with E-state index in [4.69, 9.17) is 14.5 Å². The molecule has 5 rings (SSSR count). The molecule has 158 valence electrons. The Morgan fingerprint density at radius 2 is 1.87 bits per heavy atom. The van der Waals surface area contributed by atoms with Crippen LogP contribution in [0.2, 0.25) is 0 Å². The molecule has 0 bridgehead atoms. The minimum Gasteiger partial charge on any atom is -0.381 e. The highest BCUT2D eigenvalue weighted by Gasteiger charge is 2.25. The number of benzene rings is 1. The monoisotopic (exact) mass is 416 g/mol. The standard InChI is InChI=1S/C20H22F2N6O2/c21-12-1-2-16(15(22)9-12)25-20-26-17-10-23-19(24-13-3-6-29-7-4-13)27-18(17)28(20)14-5-8-30-11-14/h1-2,9-10,13-14H,3-8,11H2,(H,25,26)(H,23,24,27)/t14-/m1/s1. The van der Waals surface area contributed by atoms with Gasteiger partial charge in [-0.2, -0.15) is 4.98 Å². The van der Waals surface area contributed by atoms with Gasteiger partial charge in [-0.15, -0.1) is 0 Å². The number of fused-ring (bicyclic) bond motifs is 1. The summed E-state index contributed by atoms with van der Waals surface area (Å²) in [5.74, 6) is -0.382. The minimum atomic E-state index is -0.691. The molecule has 2 aliphatic rings. The first kappa shape index (κ1) is 19.1. The van der Waals surface area contributed by atoms with E-state index in [2.05, 4.69) is 20.6 Å². The molecule has 0 aliphatic carbocycles. The smallest absolute Gasteiger partial charge is 0.224 e. The van der Waals surface area contributed by atoms with Crippen LogP contribution in [-0.4, -0.2) is 52.0 Å². The van der Waals surface area contributed by atoms with Crippen LogP contribution in [-0.2, 0) is 9.47 Å². The molecule has 0 unspecified atom stereocenters. The Bertz CT molecular complexity index is 1050. The van der Waals surface area contributed by atoms with Crippen LogP contribution in [0.15, 0.2) is 24.4 Å². The number of ether oxygens (including phenoxy) is 2. The van der Waals surface area contributed by atoms with Crippen molar-refractivity contribution >= 4 is 28.7 Å². The van der Waals surface area contributed by atoms with Gasteiger partial charge in [0.15, 0.2) is 5.65 Å². The lowest BCUT2D eigenvalue weighted by molar-refractivity contribution is 0.0903. The highest BCUT2D eigenvalue weighted by Crippen LogP contribution is 2.31. The Hall–Kier alpha value is -2.85. The Kier molecular flexibility index (Phi) is 5.17. The zero-order valence-electron chi connectivity index (χ0n) is 16.3. The lowest BCUT2D eigenvalue weighted by Gasteiger charge is -2.23. The van der Waals surface area contributed by atoms with Crippen LogP contribution in [0.5, 0.6) is 0 Å². The number of hydrogen-bond acceptors (Lipinski definition) is 7. The summed E-state index contributed by atoms with van der Waals surface area (Å²) in [5.41, 5.74) is 1.37. The summed E-state index contributed by atoms with van der Waals surface area (Å²) in [6.45, 7) is 2.58. The van der Waals surface area contributed by atoms with Crippen molar-refractivity contribution in [2.24, 2.45) is 0 Å². The van der Waals surface area contributed by atoms with E-state index >= 15 is 0 Å². The van der Waals surface area contributed by atoms with Gasteiger partial charge in [0.1, 0.15) is 17.2 Å². The van der Waals surface area contributed by atoms with Crippen LogP contribution in [0.25, 0.3) is 11.2 Å². The van der Waals surface area contributed by atoms with Crippen molar-refractivity contribution in [2.45, 2.75) is 31.3 Å². The van der Waals surface area contributed by atoms with Gasteiger partial charge in [-0.05, 0) is 31.4 Å². The van der Waals surface area contributed by atoms with Crippen molar-refractivity contribution in [1.29, 1.82) is 0 Å². The number of hydrogen-bond donors (Lipinski definition) is 2. The number of nitrogens with zero attached hydrogens (tertiary/aromatic N) is 4. The fourth-order valence-electron chi connectivity index (χ4n) is 3.86. The number of halogens is 2. The number of anilines is 3. The van der Waals surface area contributed by atoms with Crippen molar-refractivity contribution < 1.29 is 18.3 Å². The van der Waals surface area contributed by atoms with Crippen LogP contribution in [0.4, 0.5) is 26.4 Å². The number of aromatic nitrogens is 4. The van der Waals surface area contributed by atoms with E-state index in [1.54, 1.807) is 6.20 Å². The molecule has 1 aromatic carbocycles. The quantitative estimate of drug-likeness (QED) is 0.659. The normalized spacial score (nSPS) is 20.0. The van der Waals surface area contributed by atoms with Crippen molar-refractivity contribution in [1.82, 2.24) is 19.5 Å². The molecule has 2 fully saturated rings. The highest BCUT2D eigenvalue weighted by molar-refractivity contribution is 5.76. The zero-order chi connectivity index (χ0) is 20.5. The Morgan fingerprint density at radius 3 is 2.63 bits per heavy atom. The lowest BCUT2D eigenvalue weighted by Crippen LogP contribution is -2.28. The molecule has 8 nitrogen and oxygen atoms in total. The Labute approximate surface area is 171 Å². The van der Waals surface area contributed by atoms with Gasteiger partial charge in [0.2, 0.25) is 11.9 Å². The van der Waals surface area contributed by atoms with Crippen LogP contribution in [0.3, 0.4) is 0 Å². The molecule has 2 aromatic heterocycles. The predicted molar refractivity (Wildman–Crippen MR) is 107 cm³/mol. The van der Waals surface area contributed by atoms with Gasteiger partial charge >= 0.3 is 0 Å². The fourth-order valence-corrected chi connectivity index (χ4v) is 3.86. The molecule has 2 aliphatic heterocycles. The number of nitrogens with one attached hydrogen (secondary N) is 2. The summed E-state index contributed by atoms with van der Waals surface area (Å²) in [6.07, 6.45) is 4.24. The molecule has 2 saturated heterocycles. The molecule has 2 N–H and O–H groups in total. The summed E-state index contributed by atoms with van der Waals surface area (Å²) in [4.78, 5) is 13.7. The molecule has 0 saturated carbocycles. The van der Waals surface area contributed by atoms with Crippen LogP contribution >= 0.6 is 0 Å². The first-order valence-corrected chi connectivity index (χ1v) is 10.1. The van der Waals surface area contributed by atoms with Gasteiger partial charge in [-0.1, -0.05) is 0 Å².